The Kier molecular flexibility index (Phi) is 3.57. The minimum Gasteiger partial charge on any atom is -0.378 e. The molecule has 0 atom stereocenters. The average Bonchev–Trinajstić information content (AvgIpc) is 2.54. The van der Waals surface area contributed by atoms with Gasteiger partial charge in [-0.05, 0) is 11.5 Å². The van der Waals surface area contributed by atoms with E-state index >= 15 is 0 Å². The largest absolute Gasteiger partial charge is 0.378 e. The average molecular weight is 283 g/mol. The molecular weight excluding hydrogens is 268 g/mol. The van der Waals surface area contributed by atoms with Gasteiger partial charge < -0.3 is 5.32 Å². The molecule has 106 valence electrons. The van der Waals surface area contributed by atoms with Crippen LogP contribution in [0.25, 0.3) is 10.8 Å². The van der Waals surface area contributed by atoms with Crippen molar-refractivity contribution in [1.82, 2.24) is 0 Å². The van der Waals surface area contributed by atoms with Gasteiger partial charge in [0.15, 0.2) is 0 Å². The van der Waals surface area contributed by atoms with Crippen LogP contribution >= 0.6 is 0 Å². The molecule has 0 spiro atoms. The first-order valence-electron chi connectivity index (χ1n) is 6.82. The van der Waals surface area contributed by atoms with Gasteiger partial charge in [0.05, 0.1) is 6.54 Å². The molecule has 0 aliphatic heterocycles. The Morgan fingerprint density at radius 2 is 1.43 bits per heavy atom. The zero-order valence-corrected chi connectivity index (χ0v) is 11.4. The third-order valence-electron chi connectivity index (χ3n) is 3.49. The molecule has 21 heavy (non-hydrogen) atoms. The fourth-order valence-corrected chi connectivity index (χ4v) is 2.37. The first-order chi connectivity index (χ1) is 10.2. The summed E-state index contributed by atoms with van der Waals surface area (Å²) >= 11 is 0. The normalized spacial score (nSPS) is 11.5. The summed E-state index contributed by atoms with van der Waals surface area (Å²) in [7, 11) is 0. The van der Waals surface area contributed by atoms with Crippen LogP contribution < -0.4 is 5.32 Å². The van der Waals surface area contributed by atoms with E-state index < -0.39 is 12.5 Å². The minimum atomic E-state index is -2.90. The third-order valence-corrected chi connectivity index (χ3v) is 3.49. The standard InChI is InChI=1S/C18H15F2N/c19-18(20,15-9-2-1-3-10-15)13-21-17-12-6-8-14-7-4-5-11-16(14)17/h1-12,21H,13H2. The van der Waals surface area contributed by atoms with Gasteiger partial charge in [0.1, 0.15) is 0 Å². The number of hydrogen-bond donors (Lipinski definition) is 1. The van der Waals surface area contributed by atoms with E-state index in [4.69, 9.17) is 0 Å². The van der Waals surface area contributed by atoms with Gasteiger partial charge in [-0.1, -0.05) is 66.7 Å². The Balaban J connectivity index is 1.84. The van der Waals surface area contributed by atoms with Crippen molar-refractivity contribution >= 4 is 16.5 Å². The maximum absolute atomic E-state index is 14.2. The fourth-order valence-electron chi connectivity index (χ4n) is 2.37. The van der Waals surface area contributed by atoms with E-state index in [1.807, 2.05) is 42.5 Å². The predicted molar refractivity (Wildman–Crippen MR) is 82.8 cm³/mol. The second kappa shape index (κ2) is 5.52. The molecule has 0 radical (unpaired) electrons. The summed E-state index contributed by atoms with van der Waals surface area (Å²) in [4.78, 5) is 0. The highest BCUT2D eigenvalue weighted by Gasteiger charge is 2.30. The SMILES string of the molecule is FC(F)(CNc1cccc2ccccc12)c1ccccc1. The molecule has 0 aliphatic rings. The van der Waals surface area contributed by atoms with E-state index in [0.29, 0.717) is 0 Å². The Morgan fingerprint density at radius 3 is 2.24 bits per heavy atom. The molecule has 0 saturated heterocycles. The fraction of sp³-hybridized carbons (Fsp3) is 0.111. The molecule has 1 nitrogen and oxygen atoms in total. The molecule has 3 aromatic rings. The number of anilines is 1. The molecule has 0 aliphatic carbocycles. The van der Waals surface area contributed by atoms with Gasteiger partial charge in [0.2, 0.25) is 0 Å². The van der Waals surface area contributed by atoms with Crippen LogP contribution in [0.5, 0.6) is 0 Å². The topological polar surface area (TPSA) is 12.0 Å². The molecule has 3 rings (SSSR count). The molecule has 0 fully saturated rings. The Hall–Kier alpha value is -2.42. The molecule has 0 heterocycles. The summed E-state index contributed by atoms with van der Waals surface area (Å²) < 4.78 is 28.4. The number of rotatable bonds is 4. The molecule has 0 saturated carbocycles. The number of halogens is 2. The number of benzene rings is 3. The molecule has 0 amide bonds. The first kappa shape index (κ1) is 13.6. The number of nitrogens with one attached hydrogen (secondary N) is 1. The third kappa shape index (κ3) is 2.87. The maximum Gasteiger partial charge on any atom is 0.290 e. The zero-order valence-electron chi connectivity index (χ0n) is 11.4. The Morgan fingerprint density at radius 1 is 0.762 bits per heavy atom. The van der Waals surface area contributed by atoms with Crippen molar-refractivity contribution in [3.05, 3.63) is 78.4 Å². The summed E-state index contributed by atoms with van der Waals surface area (Å²) in [5.74, 6) is -2.90. The summed E-state index contributed by atoms with van der Waals surface area (Å²) in [5, 5.41) is 4.86. The van der Waals surface area contributed by atoms with Crippen LogP contribution in [-0.2, 0) is 5.92 Å². The molecule has 1 N–H and O–H groups in total. The minimum absolute atomic E-state index is 0.0257. The van der Waals surface area contributed by atoms with Crippen molar-refractivity contribution in [2.75, 3.05) is 11.9 Å². The van der Waals surface area contributed by atoms with Crippen LogP contribution in [0, 0.1) is 0 Å². The van der Waals surface area contributed by atoms with Crippen LogP contribution in [-0.4, -0.2) is 6.54 Å². The van der Waals surface area contributed by atoms with E-state index in [0.717, 1.165) is 16.5 Å². The highest BCUT2D eigenvalue weighted by molar-refractivity contribution is 5.93. The van der Waals surface area contributed by atoms with Crippen molar-refractivity contribution < 1.29 is 8.78 Å². The van der Waals surface area contributed by atoms with Gasteiger partial charge in [-0.2, -0.15) is 8.78 Å². The van der Waals surface area contributed by atoms with Crippen LogP contribution in [0.15, 0.2) is 72.8 Å². The quantitative estimate of drug-likeness (QED) is 0.707. The Bertz CT molecular complexity index is 733. The van der Waals surface area contributed by atoms with Gasteiger partial charge >= 0.3 is 0 Å². The van der Waals surface area contributed by atoms with Crippen molar-refractivity contribution in [3.63, 3.8) is 0 Å². The van der Waals surface area contributed by atoms with Gasteiger partial charge in [0, 0.05) is 16.6 Å². The summed E-state index contributed by atoms with van der Waals surface area (Å²) in [6, 6.07) is 21.3. The van der Waals surface area contributed by atoms with E-state index in [1.54, 1.807) is 18.2 Å². The van der Waals surface area contributed by atoms with Crippen molar-refractivity contribution in [2.24, 2.45) is 0 Å². The lowest BCUT2D eigenvalue weighted by molar-refractivity contribution is 0.0106. The number of fused-ring (bicyclic) bond motifs is 1. The molecular formula is C18H15F2N. The maximum atomic E-state index is 14.2. The van der Waals surface area contributed by atoms with E-state index in [2.05, 4.69) is 5.32 Å². The second-order valence-corrected chi connectivity index (χ2v) is 4.95. The van der Waals surface area contributed by atoms with E-state index in [1.165, 1.54) is 12.1 Å². The van der Waals surface area contributed by atoms with E-state index in [9.17, 15) is 8.78 Å². The number of alkyl halides is 2. The molecule has 3 heteroatoms. The highest BCUT2D eigenvalue weighted by atomic mass is 19.3. The Labute approximate surface area is 122 Å². The second-order valence-electron chi connectivity index (χ2n) is 4.95. The van der Waals surface area contributed by atoms with Gasteiger partial charge in [-0.25, -0.2) is 0 Å². The smallest absolute Gasteiger partial charge is 0.290 e. The van der Waals surface area contributed by atoms with Crippen molar-refractivity contribution in [1.29, 1.82) is 0 Å². The summed E-state index contributed by atoms with van der Waals surface area (Å²) in [6.45, 7) is -0.426. The van der Waals surface area contributed by atoms with Crippen molar-refractivity contribution in [3.8, 4) is 0 Å². The molecule has 3 aromatic carbocycles. The van der Waals surface area contributed by atoms with Crippen LogP contribution in [0.4, 0.5) is 14.5 Å². The molecule has 0 bridgehead atoms. The van der Waals surface area contributed by atoms with Crippen LogP contribution in [0.3, 0.4) is 0 Å². The predicted octanol–water partition coefficient (Wildman–Crippen LogP) is 5.04. The first-order valence-corrected chi connectivity index (χ1v) is 6.82. The van der Waals surface area contributed by atoms with Gasteiger partial charge in [-0.15, -0.1) is 0 Å². The van der Waals surface area contributed by atoms with Crippen LogP contribution in [0.2, 0.25) is 0 Å². The van der Waals surface area contributed by atoms with Gasteiger partial charge in [-0.3, -0.25) is 0 Å². The zero-order chi connectivity index (χ0) is 14.7. The highest BCUT2D eigenvalue weighted by Crippen LogP contribution is 2.30. The lowest BCUT2D eigenvalue weighted by Gasteiger charge is -2.19. The van der Waals surface area contributed by atoms with Crippen molar-refractivity contribution in [2.45, 2.75) is 5.92 Å². The molecule has 0 unspecified atom stereocenters. The number of hydrogen-bond acceptors (Lipinski definition) is 1. The van der Waals surface area contributed by atoms with Gasteiger partial charge in [0.25, 0.3) is 5.92 Å². The molecule has 0 aromatic heterocycles. The lowest BCUT2D eigenvalue weighted by atomic mass is 10.1. The monoisotopic (exact) mass is 283 g/mol. The summed E-state index contributed by atoms with van der Waals surface area (Å²) in [5.41, 5.74) is 0.751. The van der Waals surface area contributed by atoms with E-state index in [-0.39, 0.29) is 5.56 Å². The summed E-state index contributed by atoms with van der Waals surface area (Å²) in [6.07, 6.45) is 0. The lowest BCUT2D eigenvalue weighted by Crippen LogP contribution is -2.24. The van der Waals surface area contributed by atoms with Crippen LogP contribution in [0.1, 0.15) is 5.56 Å².